The maximum atomic E-state index is 12.2. The Morgan fingerprint density at radius 1 is 1.19 bits per heavy atom. The van der Waals surface area contributed by atoms with Crippen molar-refractivity contribution < 1.29 is 33.5 Å². The van der Waals surface area contributed by atoms with Gasteiger partial charge in [0.05, 0.1) is 18.3 Å². The van der Waals surface area contributed by atoms with Gasteiger partial charge in [0.1, 0.15) is 11.9 Å². The predicted molar refractivity (Wildman–Crippen MR) is 118 cm³/mol. The molecule has 1 aliphatic rings. The minimum atomic E-state index is -0.787. The summed E-state index contributed by atoms with van der Waals surface area (Å²) in [5, 5.41) is 13.3. The number of nitrogens with one attached hydrogen (secondary N) is 1. The topological polar surface area (TPSA) is 103 Å². The molecule has 9 heteroatoms. The molecule has 0 spiro atoms. The van der Waals surface area contributed by atoms with Gasteiger partial charge in [-0.3, -0.25) is 4.79 Å². The number of carbonyl (C=O) groups excluding carboxylic acids is 2. The molecule has 0 aromatic heterocycles. The first kappa shape index (κ1) is 24.8. The lowest BCUT2D eigenvalue weighted by Crippen LogP contribution is -2.41. The molecule has 1 aliphatic heterocycles. The lowest BCUT2D eigenvalue weighted by atomic mass is 9.76. The van der Waals surface area contributed by atoms with E-state index >= 15 is 0 Å². The molecule has 1 amide bonds. The molecule has 0 aliphatic carbocycles. The molecular formula is C22H32BNO7. The zero-order valence-corrected chi connectivity index (χ0v) is 19.5. The third-order valence-corrected chi connectivity index (χ3v) is 5.22. The van der Waals surface area contributed by atoms with Crippen molar-refractivity contribution in [2.24, 2.45) is 0 Å². The van der Waals surface area contributed by atoms with Crippen molar-refractivity contribution in [2.45, 2.75) is 65.3 Å². The standard InChI is InChI=1S/C22H32BNO7/c1-20(2,3)29-19(27)24-12-16(23-30-21(4,5)22(6,7)31-23)11-15-9-14(13-25)10-17(28-8)18(15)26/h9-11,13,26H,12H2,1-8H3,(H,24,27). The number of phenolic OH excluding ortho intramolecular Hbond substituents is 1. The predicted octanol–water partition coefficient (Wildman–Crippen LogP) is 3.75. The molecule has 0 radical (unpaired) electrons. The Balaban J connectivity index is 2.43. The van der Waals surface area contributed by atoms with Crippen LogP contribution >= 0.6 is 0 Å². The number of hydrogen-bond donors (Lipinski definition) is 2. The Kier molecular flexibility index (Phi) is 7.12. The van der Waals surface area contributed by atoms with E-state index in [1.54, 1.807) is 26.8 Å². The van der Waals surface area contributed by atoms with Gasteiger partial charge < -0.3 is 29.2 Å². The zero-order chi connectivity index (χ0) is 23.6. The molecule has 2 rings (SSSR count). The largest absolute Gasteiger partial charge is 0.504 e. The highest BCUT2D eigenvalue weighted by Crippen LogP contribution is 2.40. The van der Waals surface area contributed by atoms with Crippen LogP contribution < -0.4 is 10.1 Å². The number of amides is 1. The molecule has 0 unspecified atom stereocenters. The van der Waals surface area contributed by atoms with Gasteiger partial charge >= 0.3 is 13.2 Å². The SMILES string of the molecule is COc1cc(C=O)cc(C=C(CNC(=O)OC(C)(C)C)B2OC(C)(C)C(C)(C)O2)c1O. The Labute approximate surface area is 184 Å². The summed E-state index contributed by atoms with van der Waals surface area (Å²) in [5.41, 5.74) is -0.668. The summed E-state index contributed by atoms with van der Waals surface area (Å²) < 4.78 is 22.7. The minimum Gasteiger partial charge on any atom is -0.504 e. The van der Waals surface area contributed by atoms with E-state index in [1.807, 2.05) is 27.7 Å². The van der Waals surface area contributed by atoms with Crippen LogP contribution in [0.1, 0.15) is 64.4 Å². The normalized spacial score (nSPS) is 17.9. The summed E-state index contributed by atoms with van der Waals surface area (Å²) in [4.78, 5) is 23.5. The number of phenols is 1. The second kappa shape index (κ2) is 8.92. The molecule has 0 bridgehead atoms. The number of aromatic hydroxyl groups is 1. The average Bonchev–Trinajstić information content (AvgIpc) is 2.85. The van der Waals surface area contributed by atoms with Gasteiger partial charge in [-0.1, -0.05) is 6.08 Å². The first-order valence-corrected chi connectivity index (χ1v) is 10.1. The lowest BCUT2D eigenvalue weighted by molar-refractivity contribution is 0.00578. The van der Waals surface area contributed by atoms with Gasteiger partial charge in [-0.05, 0) is 66.1 Å². The molecule has 1 aromatic rings. The van der Waals surface area contributed by atoms with E-state index in [4.69, 9.17) is 18.8 Å². The highest BCUT2D eigenvalue weighted by atomic mass is 16.7. The van der Waals surface area contributed by atoms with E-state index in [-0.39, 0.29) is 18.0 Å². The highest BCUT2D eigenvalue weighted by Gasteiger charge is 2.52. The molecule has 2 N–H and O–H groups in total. The van der Waals surface area contributed by atoms with E-state index in [2.05, 4.69) is 5.32 Å². The number of carbonyl (C=O) groups is 2. The van der Waals surface area contributed by atoms with Crippen molar-refractivity contribution >= 4 is 25.6 Å². The Hall–Kier alpha value is -2.52. The Morgan fingerprint density at radius 2 is 1.77 bits per heavy atom. The van der Waals surface area contributed by atoms with Gasteiger partial charge in [-0.2, -0.15) is 0 Å². The molecule has 1 aromatic carbocycles. The summed E-state index contributed by atoms with van der Waals surface area (Å²) in [6.07, 6.45) is 1.68. The van der Waals surface area contributed by atoms with Crippen molar-refractivity contribution in [1.29, 1.82) is 0 Å². The fraction of sp³-hybridized carbons (Fsp3) is 0.545. The molecule has 1 fully saturated rings. The van der Waals surface area contributed by atoms with E-state index in [1.165, 1.54) is 19.2 Å². The summed E-state index contributed by atoms with van der Waals surface area (Å²) in [5.74, 6) is 0.0172. The van der Waals surface area contributed by atoms with Crippen molar-refractivity contribution in [3.05, 3.63) is 28.7 Å². The summed E-state index contributed by atoms with van der Waals surface area (Å²) in [7, 11) is 0.612. The number of alkyl carbamates (subject to hydrolysis) is 1. The summed E-state index contributed by atoms with van der Waals surface area (Å²) >= 11 is 0. The third-order valence-electron chi connectivity index (χ3n) is 5.22. The van der Waals surface area contributed by atoms with Crippen LogP contribution in [-0.4, -0.2) is 55.1 Å². The van der Waals surface area contributed by atoms with Gasteiger partial charge in [0.15, 0.2) is 11.5 Å². The van der Waals surface area contributed by atoms with Crippen LogP contribution in [0.5, 0.6) is 11.5 Å². The van der Waals surface area contributed by atoms with E-state index in [9.17, 15) is 14.7 Å². The number of ether oxygens (including phenoxy) is 2. The molecule has 170 valence electrons. The summed E-state index contributed by atoms with van der Waals surface area (Å²) in [6.45, 7) is 13.0. The van der Waals surface area contributed by atoms with E-state index in [0.29, 0.717) is 22.9 Å². The van der Waals surface area contributed by atoms with Crippen molar-refractivity contribution in [2.75, 3.05) is 13.7 Å². The Morgan fingerprint density at radius 3 is 2.26 bits per heavy atom. The van der Waals surface area contributed by atoms with Gasteiger partial charge in [-0.15, -0.1) is 0 Å². The molecule has 1 heterocycles. The van der Waals surface area contributed by atoms with Crippen LogP contribution in [0.4, 0.5) is 4.79 Å². The fourth-order valence-corrected chi connectivity index (χ4v) is 2.87. The quantitative estimate of drug-likeness (QED) is 0.520. The third kappa shape index (κ3) is 6.01. The van der Waals surface area contributed by atoms with Crippen LogP contribution in [0.25, 0.3) is 6.08 Å². The molecule has 31 heavy (non-hydrogen) atoms. The molecule has 0 saturated carbocycles. The maximum absolute atomic E-state index is 12.2. The number of rotatable bonds is 6. The van der Waals surface area contributed by atoms with E-state index < -0.39 is 30.0 Å². The van der Waals surface area contributed by atoms with Gasteiger partial charge in [0, 0.05) is 17.7 Å². The fourth-order valence-electron chi connectivity index (χ4n) is 2.87. The van der Waals surface area contributed by atoms with Crippen molar-refractivity contribution in [3.8, 4) is 11.5 Å². The van der Waals surface area contributed by atoms with Crippen LogP contribution in [0.15, 0.2) is 17.6 Å². The molecule has 8 nitrogen and oxygen atoms in total. The highest BCUT2D eigenvalue weighted by molar-refractivity contribution is 6.56. The average molecular weight is 433 g/mol. The minimum absolute atomic E-state index is 0.0405. The number of hydrogen-bond acceptors (Lipinski definition) is 7. The van der Waals surface area contributed by atoms with Crippen molar-refractivity contribution in [3.63, 3.8) is 0 Å². The maximum Gasteiger partial charge on any atom is 0.492 e. The molecule has 0 atom stereocenters. The first-order valence-electron chi connectivity index (χ1n) is 10.1. The van der Waals surface area contributed by atoms with Crippen LogP contribution in [0, 0.1) is 0 Å². The van der Waals surface area contributed by atoms with Crippen LogP contribution in [0.2, 0.25) is 0 Å². The Bertz CT molecular complexity index is 855. The van der Waals surface area contributed by atoms with Gasteiger partial charge in [0.25, 0.3) is 0 Å². The monoisotopic (exact) mass is 433 g/mol. The number of methoxy groups -OCH3 is 1. The van der Waals surface area contributed by atoms with Crippen molar-refractivity contribution in [1.82, 2.24) is 5.32 Å². The smallest absolute Gasteiger partial charge is 0.492 e. The molecule has 1 saturated heterocycles. The number of aldehydes is 1. The second-order valence-electron chi connectivity index (χ2n) is 9.44. The second-order valence-corrected chi connectivity index (χ2v) is 9.44. The zero-order valence-electron chi connectivity index (χ0n) is 19.5. The van der Waals surface area contributed by atoms with E-state index in [0.717, 1.165) is 0 Å². The first-order chi connectivity index (χ1) is 14.2. The summed E-state index contributed by atoms with van der Waals surface area (Å²) in [6, 6.07) is 2.96. The number of benzene rings is 1. The lowest BCUT2D eigenvalue weighted by Gasteiger charge is -2.32. The van der Waals surface area contributed by atoms with Crippen LogP contribution in [-0.2, 0) is 14.0 Å². The van der Waals surface area contributed by atoms with Crippen LogP contribution in [0.3, 0.4) is 0 Å². The van der Waals surface area contributed by atoms with Gasteiger partial charge in [0.2, 0.25) is 0 Å². The van der Waals surface area contributed by atoms with Gasteiger partial charge in [-0.25, -0.2) is 4.79 Å². The molecular weight excluding hydrogens is 401 g/mol.